The van der Waals surface area contributed by atoms with Crippen molar-refractivity contribution in [3.63, 3.8) is 0 Å². The van der Waals surface area contributed by atoms with Crippen molar-refractivity contribution in [1.82, 2.24) is 4.57 Å². The lowest BCUT2D eigenvalue weighted by Crippen LogP contribution is -2.25. The lowest BCUT2D eigenvalue weighted by atomic mass is 10.2. The highest BCUT2D eigenvalue weighted by Crippen LogP contribution is 2.19. The van der Waals surface area contributed by atoms with Crippen molar-refractivity contribution in [3.05, 3.63) is 27.1 Å². The Labute approximate surface area is 89.8 Å². The van der Waals surface area contributed by atoms with E-state index in [0.717, 1.165) is 6.42 Å². The topological polar surface area (TPSA) is 57.2 Å². The van der Waals surface area contributed by atoms with Crippen LogP contribution in [0.5, 0.6) is 0 Å². The molecule has 1 fully saturated rings. The predicted octanol–water partition coefficient (Wildman–Crippen LogP) is 1.15. The van der Waals surface area contributed by atoms with Gasteiger partial charge in [0.2, 0.25) is 0 Å². The first kappa shape index (κ1) is 9.73. The molecule has 1 aliphatic rings. The van der Waals surface area contributed by atoms with Gasteiger partial charge in [0.15, 0.2) is 0 Å². The van der Waals surface area contributed by atoms with Crippen molar-refractivity contribution >= 4 is 21.6 Å². The molecule has 1 atom stereocenters. The summed E-state index contributed by atoms with van der Waals surface area (Å²) in [6, 6.07) is 1.75. The first-order valence-electron chi connectivity index (χ1n) is 4.43. The number of ether oxygens (including phenoxy) is 1. The van der Waals surface area contributed by atoms with Crippen LogP contribution in [0.2, 0.25) is 0 Å². The molecule has 0 amide bonds. The van der Waals surface area contributed by atoms with E-state index in [2.05, 4.69) is 15.9 Å². The lowest BCUT2D eigenvalue weighted by molar-refractivity contribution is 0.186. The number of rotatable bonds is 1. The highest BCUT2D eigenvalue weighted by molar-refractivity contribution is 9.10. The Morgan fingerprint density at radius 1 is 1.64 bits per heavy atom. The van der Waals surface area contributed by atoms with Gasteiger partial charge in [-0.1, -0.05) is 0 Å². The SMILES string of the molecule is Nc1cc(Br)c(=O)n(C2CCOC2)c1. The summed E-state index contributed by atoms with van der Waals surface area (Å²) >= 11 is 3.19. The van der Waals surface area contributed by atoms with Gasteiger partial charge in [0, 0.05) is 18.5 Å². The van der Waals surface area contributed by atoms with Crippen LogP contribution in [0.25, 0.3) is 0 Å². The second-order valence-corrected chi connectivity index (χ2v) is 4.21. The van der Waals surface area contributed by atoms with E-state index in [1.165, 1.54) is 0 Å². The first-order valence-corrected chi connectivity index (χ1v) is 5.22. The van der Waals surface area contributed by atoms with Crippen LogP contribution < -0.4 is 11.3 Å². The average molecular weight is 259 g/mol. The van der Waals surface area contributed by atoms with Crippen LogP contribution in [0.15, 0.2) is 21.5 Å². The third-order valence-electron chi connectivity index (χ3n) is 2.32. The van der Waals surface area contributed by atoms with E-state index in [0.29, 0.717) is 23.4 Å². The molecule has 14 heavy (non-hydrogen) atoms. The van der Waals surface area contributed by atoms with Gasteiger partial charge in [-0.05, 0) is 28.4 Å². The van der Waals surface area contributed by atoms with Gasteiger partial charge < -0.3 is 15.0 Å². The maximum absolute atomic E-state index is 11.7. The maximum atomic E-state index is 11.7. The van der Waals surface area contributed by atoms with Crippen LogP contribution >= 0.6 is 15.9 Å². The normalized spacial score (nSPS) is 21.4. The Bertz CT molecular complexity index is 396. The highest BCUT2D eigenvalue weighted by atomic mass is 79.9. The van der Waals surface area contributed by atoms with Crippen LogP contribution in [0.4, 0.5) is 5.69 Å². The first-order chi connectivity index (χ1) is 6.68. The number of pyridine rings is 1. The van der Waals surface area contributed by atoms with Crippen molar-refractivity contribution in [3.8, 4) is 0 Å². The lowest BCUT2D eigenvalue weighted by Gasteiger charge is -2.12. The minimum atomic E-state index is -0.0466. The van der Waals surface area contributed by atoms with Gasteiger partial charge in [-0.15, -0.1) is 0 Å². The molecule has 0 bridgehead atoms. The Kier molecular flexibility index (Phi) is 2.60. The van der Waals surface area contributed by atoms with E-state index in [1.807, 2.05) is 0 Å². The minimum absolute atomic E-state index is 0.0466. The second kappa shape index (κ2) is 3.74. The number of nitrogens with two attached hydrogens (primary N) is 1. The smallest absolute Gasteiger partial charge is 0.265 e. The Morgan fingerprint density at radius 3 is 3.07 bits per heavy atom. The maximum Gasteiger partial charge on any atom is 0.265 e. The fourth-order valence-corrected chi connectivity index (χ4v) is 2.07. The fraction of sp³-hybridized carbons (Fsp3) is 0.444. The van der Waals surface area contributed by atoms with Crippen molar-refractivity contribution < 1.29 is 4.74 Å². The van der Waals surface area contributed by atoms with E-state index < -0.39 is 0 Å². The summed E-state index contributed by atoms with van der Waals surface area (Å²) in [5.41, 5.74) is 6.21. The minimum Gasteiger partial charge on any atom is -0.398 e. The molecular formula is C9H11BrN2O2. The number of nitrogens with zero attached hydrogens (tertiary/aromatic N) is 1. The van der Waals surface area contributed by atoms with Crippen LogP contribution in [-0.4, -0.2) is 17.8 Å². The van der Waals surface area contributed by atoms with Gasteiger partial charge >= 0.3 is 0 Å². The van der Waals surface area contributed by atoms with Crippen molar-refractivity contribution in [2.75, 3.05) is 18.9 Å². The van der Waals surface area contributed by atoms with Crippen LogP contribution in [0, 0.1) is 0 Å². The molecular weight excluding hydrogens is 248 g/mol. The molecule has 1 aliphatic heterocycles. The molecule has 4 nitrogen and oxygen atoms in total. The molecule has 1 unspecified atom stereocenters. The summed E-state index contributed by atoms with van der Waals surface area (Å²) in [6.07, 6.45) is 2.54. The zero-order valence-corrected chi connectivity index (χ0v) is 9.16. The third kappa shape index (κ3) is 1.69. The summed E-state index contributed by atoms with van der Waals surface area (Å²) in [7, 11) is 0. The van der Waals surface area contributed by atoms with Crippen LogP contribution in [0.1, 0.15) is 12.5 Å². The van der Waals surface area contributed by atoms with Gasteiger partial charge in [0.25, 0.3) is 5.56 Å². The van der Waals surface area contributed by atoms with Gasteiger partial charge in [0.05, 0.1) is 17.1 Å². The van der Waals surface area contributed by atoms with Gasteiger partial charge in [0.1, 0.15) is 0 Å². The largest absolute Gasteiger partial charge is 0.398 e. The summed E-state index contributed by atoms with van der Waals surface area (Å²) in [4.78, 5) is 11.7. The molecule has 0 aliphatic carbocycles. The van der Waals surface area contributed by atoms with E-state index in [4.69, 9.17) is 10.5 Å². The molecule has 0 saturated carbocycles. The second-order valence-electron chi connectivity index (χ2n) is 3.35. The summed E-state index contributed by atoms with van der Waals surface area (Å²) in [6.45, 7) is 1.30. The highest BCUT2D eigenvalue weighted by Gasteiger charge is 2.19. The molecule has 1 aromatic heterocycles. The Balaban J connectivity index is 2.46. The molecule has 76 valence electrons. The molecule has 0 aromatic carbocycles. The molecule has 0 radical (unpaired) electrons. The summed E-state index contributed by atoms with van der Waals surface area (Å²) in [5, 5.41) is 0. The molecule has 2 heterocycles. The number of anilines is 1. The van der Waals surface area contributed by atoms with Crippen LogP contribution in [0.3, 0.4) is 0 Å². The standard InChI is InChI=1S/C9H11BrN2O2/c10-8-3-6(11)4-12(9(8)13)7-1-2-14-5-7/h3-4,7H,1-2,5,11H2. The molecule has 0 spiro atoms. The van der Waals surface area contributed by atoms with Gasteiger partial charge in [-0.3, -0.25) is 4.79 Å². The molecule has 5 heteroatoms. The number of aromatic nitrogens is 1. The fourth-order valence-electron chi connectivity index (χ4n) is 1.60. The summed E-state index contributed by atoms with van der Waals surface area (Å²) in [5.74, 6) is 0. The quantitative estimate of drug-likeness (QED) is 0.823. The average Bonchev–Trinajstić information content (AvgIpc) is 2.63. The monoisotopic (exact) mass is 258 g/mol. The Hall–Kier alpha value is -0.810. The number of hydrogen-bond donors (Lipinski definition) is 1. The predicted molar refractivity (Wildman–Crippen MR) is 57.3 cm³/mol. The zero-order valence-electron chi connectivity index (χ0n) is 7.57. The number of nitrogen functional groups attached to an aromatic ring is 1. The van der Waals surface area contributed by atoms with Crippen molar-refractivity contribution in [2.24, 2.45) is 0 Å². The molecule has 2 N–H and O–H groups in total. The van der Waals surface area contributed by atoms with E-state index >= 15 is 0 Å². The van der Waals surface area contributed by atoms with E-state index in [9.17, 15) is 4.79 Å². The van der Waals surface area contributed by atoms with Gasteiger partial charge in [-0.2, -0.15) is 0 Å². The van der Waals surface area contributed by atoms with E-state index in [1.54, 1.807) is 16.8 Å². The van der Waals surface area contributed by atoms with Crippen LogP contribution in [-0.2, 0) is 4.74 Å². The molecule has 2 rings (SSSR count). The summed E-state index contributed by atoms with van der Waals surface area (Å²) < 4.78 is 7.38. The molecule has 1 aromatic rings. The number of hydrogen-bond acceptors (Lipinski definition) is 3. The third-order valence-corrected chi connectivity index (χ3v) is 2.89. The zero-order chi connectivity index (χ0) is 10.1. The van der Waals surface area contributed by atoms with E-state index in [-0.39, 0.29) is 11.6 Å². The van der Waals surface area contributed by atoms with Gasteiger partial charge in [-0.25, -0.2) is 0 Å². The molecule has 1 saturated heterocycles. The Morgan fingerprint density at radius 2 is 2.43 bits per heavy atom. The van der Waals surface area contributed by atoms with Crippen molar-refractivity contribution in [1.29, 1.82) is 0 Å². The van der Waals surface area contributed by atoms with Crippen molar-refractivity contribution in [2.45, 2.75) is 12.5 Å². The number of halogens is 1.